The summed E-state index contributed by atoms with van der Waals surface area (Å²) < 4.78 is 4.56. The van der Waals surface area contributed by atoms with Crippen molar-refractivity contribution in [1.82, 2.24) is 4.90 Å². The second-order valence-corrected chi connectivity index (χ2v) is 4.27. The predicted octanol–water partition coefficient (Wildman–Crippen LogP) is 2.28. The molecule has 0 aliphatic carbocycles. The molecule has 0 unspecified atom stereocenters. The molecule has 0 heterocycles. The zero-order valence-electron chi connectivity index (χ0n) is 10.7. The van der Waals surface area contributed by atoms with E-state index in [0.29, 0.717) is 17.1 Å². The van der Waals surface area contributed by atoms with Gasteiger partial charge in [0.15, 0.2) is 0 Å². The number of hydrogen-bond acceptors (Lipinski definition) is 3. The average molecular weight is 270 g/mol. The molecule has 18 heavy (non-hydrogen) atoms. The molecule has 0 bridgehead atoms. The molecule has 1 rings (SSSR count). The van der Waals surface area contributed by atoms with E-state index in [1.165, 1.54) is 12.0 Å². The maximum atomic E-state index is 12.2. The van der Waals surface area contributed by atoms with Gasteiger partial charge in [-0.2, -0.15) is 0 Å². The fourth-order valence-corrected chi connectivity index (χ4v) is 1.63. The molecular weight excluding hydrogens is 254 g/mol. The fraction of sp³-hybridized carbons (Fsp3) is 0.385. The topological polar surface area (TPSA) is 46.6 Å². The summed E-state index contributed by atoms with van der Waals surface area (Å²) in [5.41, 5.74) is 1.35. The van der Waals surface area contributed by atoms with Crippen LogP contribution in [0.3, 0.4) is 0 Å². The van der Waals surface area contributed by atoms with Gasteiger partial charge in [-0.15, -0.1) is 0 Å². The third kappa shape index (κ3) is 3.47. The van der Waals surface area contributed by atoms with Gasteiger partial charge in [0, 0.05) is 17.1 Å². The highest BCUT2D eigenvalue weighted by Gasteiger charge is 2.17. The molecule has 0 N–H and O–H groups in total. The van der Waals surface area contributed by atoms with Crippen LogP contribution in [0.5, 0.6) is 0 Å². The number of benzene rings is 1. The number of amides is 1. The third-order valence-corrected chi connectivity index (χ3v) is 3.05. The first-order chi connectivity index (χ1) is 8.49. The monoisotopic (exact) mass is 269 g/mol. The summed E-state index contributed by atoms with van der Waals surface area (Å²) in [5, 5.41) is 0.613. The molecule has 5 heteroatoms. The summed E-state index contributed by atoms with van der Waals surface area (Å²) in [7, 11) is 1.30. The first kappa shape index (κ1) is 14.5. The highest BCUT2D eigenvalue weighted by atomic mass is 35.5. The summed E-state index contributed by atoms with van der Waals surface area (Å²) >= 11 is 5.91. The Bertz CT molecular complexity index is 460. The second-order valence-electron chi connectivity index (χ2n) is 3.86. The molecule has 0 saturated carbocycles. The molecule has 0 saturated heterocycles. The van der Waals surface area contributed by atoms with Crippen LogP contribution in [-0.2, 0) is 9.53 Å². The van der Waals surface area contributed by atoms with Gasteiger partial charge in [0.25, 0.3) is 5.91 Å². The number of aryl methyl sites for hydroxylation is 1. The average Bonchev–Trinajstić information content (AvgIpc) is 2.38. The Morgan fingerprint density at radius 2 is 2.06 bits per heavy atom. The Morgan fingerprint density at radius 1 is 1.39 bits per heavy atom. The van der Waals surface area contributed by atoms with E-state index in [0.717, 1.165) is 5.56 Å². The van der Waals surface area contributed by atoms with Crippen LogP contribution >= 0.6 is 11.6 Å². The van der Waals surface area contributed by atoms with Crippen molar-refractivity contribution in [3.05, 3.63) is 34.3 Å². The minimum atomic E-state index is -0.434. The lowest BCUT2D eigenvalue weighted by Gasteiger charge is -2.19. The molecule has 0 aliphatic heterocycles. The third-order valence-electron chi connectivity index (χ3n) is 2.62. The van der Waals surface area contributed by atoms with E-state index >= 15 is 0 Å². The minimum Gasteiger partial charge on any atom is -0.468 e. The van der Waals surface area contributed by atoms with E-state index in [4.69, 9.17) is 11.6 Å². The Hall–Kier alpha value is -1.55. The van der Waals surface area contributed by atoms with Gasteiger partial charge < -0.3 is 9.64 Å². The summed E-state index contributed by atoms with van der Waals surface area (Å²) in [5.74, 6) is -0.640. The largest absolute Gasteiger partial charge is 0.468 e. The van der Waals surface area contributed by atoms with Crippen molar-refractivity contribution in [2.24, 2.45) is 0 Å². The number of esters is 1. The molecular formula is C13H16ClNO3. The van der Waals surface area contributed by atoms with E-state index in [1.54, 1.807) is 18.2 Å². The fourth-order valence-electron chi connectivity index (χ4n) is 1.51. The Balaban J connectivity index is 2.89. The van der Waals surface area contributed by atoms with Gasteiger partial charge in [-0.1, -0.05) is 11.6 Å². The SMILES string of the molecule is CCN(CC(=O)OC)C(=O)c1ccc(Cl)c(C)c1. The van der Waals surface area contributed by atoms with Crippen molar-refractivity contribution >= 4 is 23.5 Å². The number of hydrogen-bond donors (Lipinski definition) is 0. The van der Waals surface area contributed by atoms with Crippen LogP contribution in [0.15, 0.2) is 18.2 Å². The van der Waals surface area contributed by atoms with Gasteiger partial charge in [0.2, 0.25) is 0 Å². The number of halogens is 1. The van der Waals surface area contributed by atoms with Crippen molar-refractivity contribution in [3.63, 3.8) is 0 Å². The van der Waals surface area contributed by atoms with Gasteiger partial charge in [-0.05, 0) is 37.6 Å². The predicted molar refractivity (Wildman–Crippen MR) is 69.8 cm³/mol. The summed E-state index contributed by atoms with van der Waals surface area (Å²) in [4.78, 5) is 24.8. The van der Waals surface area contributed by atoms with Crippen LogP contribution in [0, 0.1) is 6.92 Å². The number of likely N-dealkylation sites (N-methyl/N-ethyl adjacent to an activating group) is 1. The molecule has 1 aromatic carbocycles. The quantitative estimate of drug-likeness (QED) is 0.788. The van der Waals surface area contributed by atoms with E-state index < -0.39 is 5.97 Å². The lowest BCUT2D eigenvalue weighted by Crippen LogP contribution is -2.36. The van der Waals surface area contributed by atoms with Crippen molar-refractivity contribution in [2.75, 3.05) is 20.2 Å². The zero-order chi connectivity index (χ0) is 13.7. The molecule has 0 atom stereocenters. The Morgan fingerprint density at radius 3 is 2.56 bits per heavy atom. The normalized spacial score (nSPS) is 10.0. The molecule has 1 amide bonds. The van der Waals surface area contributed by atoms with Gasteiger partial charge in [-0.25, -0.2) is 0 Å². The molecule has 98 valence electrons. The highest BCUT2D eigenvalue weighted by molar-refractivity contribution is 6.31. The number of methoxy groups -OCH3 is 1. The number of ether oxygens (including phenoxy) is 1. The molecule has 0 radical (unpaired) electrons. The smallest absolute Gasteiger partial charge is 0.325 e. The highest BCUT2D eigenvalue weighted by Crippen LogP contribution is 2.17. The summed E-state index contributed by atoms with van der Waals surface area (Å²) in [6.45, 7) is 4.03. The lowest BCUT2D eigenvalue weighted by molar-refractivity contribution is -0.141. The standard InChI is InChI=1S/C13H16ClNO3/c1-4-15(8-12(16)18-3)13(17)10-5-6-11(14)9(2)7-10/h5-7H,4,8H2,1-3H3. The van der Waals surface area contributed by atoms with Crippen LogP contribution in [0.4, 0.5) is 0 Å². The van der Waals surface area contributed by atoms with E-state index in [1.807, 2.05) is 13.8 Å². The van der Waals surface area contributed by atoms with Crippen molar-refractivity contribution in [2.45, 2.75) is 13.8 Å². The van der Waals surface area contributed by atoms with Gasteiger partial charge in [0.05, 0.1) is 7.11 Å². The second kappa shape index (κ2) is 6.40. The molecule has 0 aromatic heterocycles. The molecule has 0 fully saturated rings. The minimum absolute atomic E-state index is 0.0481. The van der Waals surface area contributed by atoms with Crippen LogP contribution < -0.4 is 0 Å². The maximum Gasteiger partial charge on any atom is 0.325 e. The Labute approximate surface area is 111 Å². The first-order valence-corrected chi connectivity index (χ1v) is 5.99. The molecule has 4 nitrogen and oxygen atoms in total. The van der Waals surface area contributed by atoms with Gasteiger partial charge in [-0.3, -0.25) is 9.59 Å². The van der Waals surface area contributed by atoms with Gasteiger partial charge >= 0.3 is 5.97 Å². The van der Waals surface area contributed by atoms with E-state index in [9.17, 15) is 9.59 Å². The maximum absolute atomic E-state index is 12.2. The number of nitrogens with zero attached hydrogens (tertiary/aromatic N) is 1. The molecule has 0 aliphatic rings. The van der Waals surface area contributed by atoms with E-state index in [2.05, 4.69) is 4.74 Å². The van der Waals surface area contributed by atoms with Crippen LogP contribution in [0.1, 0.15) is 22.8 Å². The van der Waals surface area contributed by atoms with Crippen molar-refractivity contribution in [3.8, 4) is 0 Å². The van der Waals surface area contributed by atoms with Crippen LogP contribution in [0.25, 0.3) is 0 Å². The zero-order valence-corrected chi connectivity index (χ0v) is 11.5. The first-order valence-electron chi connectivity index (χ1n) is 5.61. The molecule has 1 aromatic rings. The number of carbonyl (C=O) groups is 2. The lowest BCUT2D eigenvalue weighted by atomic mass is 10.1. The van der Waals surface area contributed by atoms with Crippen molar-refractivity contribution in [1.29, 1.82) is 0 Å². The number of rotatable bonds is 4. The summed E-state index contributed by atoms with van der Waals surface area (Å²) in [6.07, 6.45) is 0. The molecule has 0 spiro atoms. The number of carbonyl (C=O) groups excluding carboxylic acids is 2. The van der Waals surface area contributed by atoms with Gasteiger partial charge in [0.1, 0.15) is 6.54 Å². The Kier molecular flexibility index (Phi) is 5.16. The van der Waals surface area contributed by atoms with Crippen LogP contribution in [0.2, 0.25) is 5.02 Å². The summed E-state index contributed by atoms with van der Waals surface area (Å²) in [6, 6.07) is 5.04. The van der Waals surface area contributed by atoms with Crippen molar-refractivity contribution < 1.29 is 14.3 Å². The van der Waals surface area contributed by atoms with E-state index in [-0.39, 0.29) is 12.5 Å². The van der Waals surface area contributed by atoms with Crippen LogP contribution in [-0.4, -0.2) is 37.0 Å².